The smallest absolute Gasteiger partial charge is 0.250 e. The lowest BCUT2D eigenvalue weighted by Gasteiger charge is -2.11. The van der Waals surface area contributed by atoms with Crippen LogP contribution in [0.15, 0.2) is 36.4 Å². The number of nitrogens with one attached hydrogen (secondary N) is 1. The van der Waals surface area contributed by atoms with Gasteiger partial charge in [-0.05, 0) is 30.3 Å². The quantitative estimate of drug-likeness (QED) is 0.744. The van der Waals surface area contributed by atoms with E-state index in [0.717, 1.165) is 12.1 Å². The lowest BCUT2D eigenvalue weighted by atomic mass is 10.1. The minimum atomic E-state index is -0.991. The highest BCUT2D eigenvalue weighted by atomic mass is 19.2. The van der Waals surface area contributed by atoms with Crippen LogP contribution in [0.3, 0.4) is 0 Å². The monoisotopic (exact) mass is 263 g/mol. The molecule has 98 valence electrons. The van der Waals surface area contributed by atoms with Gasteiger partial charge in [0.2, 0.25) is 0 Å². The maximum absolute atomic E-state index is 13.1. The SMILES string of the molecule is NC(=O)c1ccc(N)cc1Nc1ccc(F)c(F)c1. The summed E-state index contributed by atoms with van der Waals surface area (Å²) < 4.78 is 25.9. The zero-order valence-electron chi connectivity index (χ0n) is 9.78. The van der Waals surface area contributed by atoms with Gasteiger partial charge in [0.25, 0.3) is 5.91 Å². The fourth-order valence-corrected chi connectivity index (χ4v) is 1.61. The molecular weight excluding hydrogens is 252 g/mol. The Hall–Kier alpha value is -2.63. The first-order valence-electron chi connectivity index (χ1n) is 5.39. The average Bonchev–Trinajstić information content (AvgIpc) is 2.33. The Morgan fingerprint density at radius 3 is 2.42 bits per heavy atom. The molecule has 0 spiro atoms. The Kier molecular flexibility index (Phi) is 3.33. The van der Waals surface area contributed by atoms with Crippen LogP contribution in [-0.2, 0) is 0 Å². The van der Waals surface area contributed by atoms with Crippen LogP contribution in [0.1, 0.15) is 10.4 Å². The average molecular weight is 263 g/mol. The molecule has 0 radical (unpaired) electrons. The summed E-state index contributed by atoms with van der Waals surface area (Å²) in [6, 6.07) is 7.77. The van der Waals surface area contributed by atoms with E-state index in [1.165, 1.54) is 24.3 Å². The van der Waals surface area contributed by atoms with E-state index >= 15 is 0 Å². The highest BCUT2D eigenvalue weighted by Crippen LogP contribution is 2.24. The van der Waals surface area contributed by atoms with E-state index in [-0.39, 0.29) is 11.3 Å². The first-order valence-corrected chi connectivity index (χ1v) is 5.39. The second kappa shape index (κ2) is 4.93. The van der Waals surface area contributed by atoms with Gasteiger partial charge in [-0.25, -0.2) is 8.78 Å². The van der Waals surface area contributed by atoms with Crippen molar-refractivity contribution in [2.45, 2.75) is 0 Å². The predicted molar refractivity (Wildman–Crippen MR) is 69.0 cm³/mol. The molecule has 19 heavy (non-hydrogen) atoms. The van der Waals surface area contributed by atoms with E-state index in [1.54, 1.807) is 0 Å². The zero-order chi connectivity index (χ0) is 14.0. The van der Waals surface area contributed by atoms with Crippen molar-refractivity contribution in [3.05, 3.63) is 53.6 Å². The Balaban J connectivity index is 2.39. The van der Waals surface area contributed by atoms with Crippen molar-refractivity contribution in [2.75, 3.05) is 11.1 Å². The minimum Gasteiger partial charge on any atom is -0.399 e. The molecule has 0 aliphatic carbocycles. The molecule has 0 saturated heterocycles. The van der Waals surface area contributed by atoms with E-state index in [0.29, 0.717) is 11.4 Å². The highest BCUT2D eigenvalue weighted by molar-refractivity contribution is 5.99. The van der Waals surface area contributed by atoms with E-state index in [2.05, 4.69) is 5.32 Å². The van der Waals surface area contributed by atoms with Crippen molar-refractivity contribution < 1.29 is 13.6 Å². The summed E-state index contributed by atoms with van der Waals surface area (Å²) in [6.45, 7) is 0. The summed E-state index contributed by atoms with van der Waals surface area (Å²) in [5.41, 5.74) is 12.1. The largest absolute Gasteiger partial charge is 0.399 e. The van der Waals surface area contributed by atoms with E-state index in [9.17, 15) is 13.6 Å². The number of hydrogen-bond acceptors (Lipinski definition) is 3. The second-order valence-corrected chi connectivity index (χ2v) is 3.92. The van der Waals surface area contributed by atoms with Crippen LogP contribution in [0.5, 0.6) is 0 Å². The molecule has 0 heterocycles. The summed E-state index contributed by atoms with van der Waals surface area (Å²) in [7, 11) is 0. The molecule has 2 rings (SSSR count). The molecule has 2 aromatic carbocycles. The number of halogens is 2. The van der Waals surface area contributed by atoms with Crippen LogP contribution in [0.2, 0.25) is 0 Å². The Labute approximate surface area is 108 Å². The number of carbonyl (C=O) groups excluding carboxylic acids is 1. The summed E-state index contributed by atoms with van der Waals surface area (Å²) >= 11 is 0. The summed E-state index contributed by atoms with van der Waals surface area (Å²) in [5.74, 6) is -2.59. The maximum Gasteiger partial charge on any atom is 0.250 e. The number of primary amides is 1. The van der Waals surface area contributed by atoms with Gasteiger partial charge in [-0.2, -0.15) is 0 Å². The van der Waals surface area contributed by atoms with Crippen LogP contribution in [-0.4, -0.2) is 5.91 Å². The number of rotatable bonds is 3. The number of benzene rings is 2. The Morgan fingerprint density at radius 1 is 1.05 bits per heavy atom. The van der Waals surface area contributed by atoms with Crippen molar-refractivity contribution in [3.63, 3.8) is 0 Å². The second-order valence-electron chi connectivity index (χ2n) is 3.92. The molecule has 0 saturated carbocycles. The Morgan fingerprint density at radius 2 is 1.79 bits per heavy atom. The van der Waals surface area contributed by atoms with Gasteiger partial charge in [0.05, 0.1) is 11.3 Å². The third kappa shape index (κ3) is 2.79. The molecule has 0 bridgehead atoms. The van der Waals surface area contributed by atoms with Crippen LogP contribution in [0.4, 0.5) is 25.8 Å². The molecule has 1 amide bonds. The maximum atomic E-state index is 13.1. The van der Waals surface area contributed by atoms with Gasteiger partial charge in [-0.1, -0.05) is 0 Å². The molecule has 4 nitrogen and oxygen atoms in total. The van der Waals surface area contributed by atoms with Crippen molar-refractivity contribution >= 4 is 23.0 Å². The number of amides is 1. The normalized spacial score (nSPS) is 10.2. The molecule has 0 aliphatic heterocycles. The number of carbonyl (C=O) groups is 1. The summed E-state index contributed by atoms with van der Waals surface area (Å²) in [6.07, 6.45) is 0. The van der Waals surface area contributed by atoms with Crippen molar-refractivity contribution in [1.82, 2.24) is 0 Å². The van der Waals surface area contributed by atoms with Crippen molar-refractivity contribution in [3.8, 4) is 0 Å². The lowest BCUT2D eigenvalue weighted by molar-refractivity contribution is 0.100. The third-order valence-corrected chi connectivity index (χ3v) is 2.51. The van der Waals surface area contributed by atoms with Crippen LogP contribution in [0, 0.1) is 11.6 Å². The molecule has 6 heteroatoms. The predicted octanol–water partition coefficient (Wildman–Crippen LogP) is 2.39. The van der Waals surface area contributed by atoms with Gasteiger partial charge >= 0.3 is 0 Å². The van der Waals surface area contributed by atoms with Crippen LogP contribution >= 0.6 is 0 Å². The molecule has 0 fully saturated rings. The molecule has 2 aromatic rings. The van der Waals surface area contributed by atoms with Crippen LogP contribution in [0.25, 0.3) is 0 Å². The molecule has 0 atom stereocenters. The van der Waals surface area contributed by atoms with E-state index in [4.69, 9.17) is 11.5 Å². The minimum absolute atomic E-state index is 0.207. The van der Waals surface area contributed by atoms with Gasteiger partial charge in [0.15, 0.2) is 11.6 Å². The van der Waals surface area contributed by atoms with Crippen molar-refractivity contribution in [1.29, 1.82) is 0 Å². The van der Waals surface area contributed by atoms with Gasteiger partial charge in [-0.3, -0.25) is 4.79 Å². The molecular formula is C13H11F2N3O. The molecule has 0 aliphatic rings. The zero-order valence-corrected chi connectivity index (χ0v) is 9.78. The lowest BCUT2D eigenvalue weighted by Crippen LogP contribution is -2.13. The number of hydrogen-bond donors (Lipinski definition) is 3. The standard InChI is InChI=1S/C13H11F2N3O/c14-10-4-2-8(6-11(10)15)18-12-5-7(16)1-3-9(12)13(17)19/h1-6,18H,16H2,(H2,17,19). The first-order chi connectivity index (χ1) is 8.97. The topological polar surface area (TPSA) is 81.1 Å². The fraction of sp³-hybridized carbons (Fsp3) is 0. The van der Waals surface area contributed by atoms with Crippen molar-refractivity contribution in [2.24, 2.45) is 5.73 Å². The van der Waals surface area contributed by atoms with Gasteiger partial charge in [0, 0.05) is 17.4 Å². The first kappa shape index (κ1) is 12.8. The molecule has 5 N–H and O–H groups in total. The molecule has 0 aromatic heterocycles. The number of anilines is 3. The Bertz CT molecular complexity index is 644. The number of nitrogens with two attached hydrogens (primary N) is 2. The number of nitrogen functional groups attached to an aromatic ring is 1. The molecule has 0 unspecified atom stereocenters. The van der Waals surface area contributed by atoms with E-state index < -0.39 is 17.5 Å². The summed E-state index contributed by atoms with van der Waals surface area (Å²) in [4.78, 5) is 11.3. The third-order valence-electron chi connectivity index (χ3n) is 2.51. The summed E-state index contributed by atoms with van der Waals surface area (Å²) in [5, 5.41) is 2.78. The highest BCUT2D eigenvalue weighted by Gasteiger charge is 2.10. The van der Waals surface area contributed by atoms with E-state index in [1.807, 2.05) is 0 Å². The van der Waals surface area contributed by atoms with Gasteiger partial charge in [0.1, 0.15) is 0 Å². The van der Waals surface area contributed by atoms with Crippen LogP contribution < -0.4 is 16.8 Å². The fourth-order valence-electron chi connectivity index (χ4n) is 1.61. The van der Waals surface area contributed by atoms with Gasteiger partial charge in [-0.15, -0.1) is 0 Å². The van der Waals surface area contributed by atoms with Gasteiger partial charge < -0.3 is 16.8 Å².